The fourth-order valence-corrected chi connectivity index (χ4v) is 4.99. The van der Waals surface area contributed by atoms with Crippen LogP contribution in [0.2, 0.25) is 0 Å². The average molecular weight is 528 g/mol. The summed E-state index contributed by atoms with van der Waals surface area (Å²) in [5.41, 5.74) is 2.54. The van der Waals surface area contributed by atoms with E-state index in [1.54, 1.807) is 13.0 Å². The molecule has 2 aliphatic rings. The van der Waals surface area contributed by atoms with E-state index in [2.05, 4.69) is 25.6 Å². The van der Waals surface area contributed by atoms with Crippen molar-refractivity contribution in [3.05, 3.63) is 41.3 Å². The number of hydrogen-bond acceptors (Lipinski definition) is 6. The highest BCUT2D eigenvalue weighted by Gasteiger charge is 2.30. The molecular formula is C27H31F2N5O4. The topological polar surface area (TPSA) is 118 Å². The number of nitrogens with one attached hydrogen (secondary N) is 3. The maximum atomic E-state index is 13.6. The summed E-state index contributed by atoms with van der Waals surface area (Å²) in [5.74, 6) is 0.470. The Morgan fingerprint density at radius 1 is 1.13 bits per heavy atom. The molecule has 202 valence electrons. The smallest absolute Gasteiger partial charge is 0.263 e. The largest absolute Gasteiger partial charge is 0.493 e. The van der Waals surface area contributed by atoms with Crippen molar-refractivity contribution in [1.82, 2.24) is 25.6 Å². The number of aromatic amines is 1. The first kappa shape index (κ1) is 26.0. The summed E-state index contributed by atoms with van der Waals surface area (Å²) in [6.45, 7) is 2.28. The van der Waals surface area contributed by atoms with Crippen molar-refractivity contribution in [2.45, 2.75) is 57.5 Å². The molecule has 0 bridgehead atoms. The third kappa shape index (κ3) is 5.62. The van der Waals surface area contributed by atoms with Gasteiger partial charge in [0.05, 0.1) is 17.7 Å². The predicted octanol–water partition coefficient (Wildman–Crippen LogP) is 4.07. The zero-order valence-corrected chi connectivity index (χ0v) is 21.4. The monoisotopic (exact) mass is 527 g/mol. The number of halogens is 2. The molecule has 2 atom stereocenters. The number of benzene rings is 1. The minimum absolute atomic E-state index is 0.00233. The van der Waals surface area contributed by atoms with Crippen LogP contribution in [0.5, 0.6) is 5.75 Å². The number of amides is 2. The lowest BCUT2D eigenvalue weighted by Crippen LogP contribution is -2.38. The lowest BCUT2D eigenvalue weighted by Gasteiger charge is -2.15. The molecule has 0 saturated heterocycles. The van der Waals surface area contributed by atoms with E-state index >= 15 is 0 Å². The van der Waals surface area contributed by atoms with Crippen LogP contribution in [0.4, 0.5) is 8.78 Å². The summed E-state index contributed by atoms with van der Waals surface area (Å²) in [5, 5.41) is 5.97. The van der Waals surface area contributed by atoms with Crippen LogP contribution in [-0.2, 0) is 9.53 Å². The second kappa shape index (κ2) is 11.0. The number of aryl methyl sites for hydroxylation is 1. The molecular weight excluding hydrogens is 496 g/mol. The normalized spacial score (nSPS) is 19.2. The van der Waals surface area contributed by atoms with E-state index in [4.69, 9.17) is 9.47 Å². The van der Waals surface area contributed by atoms with Gasteiger partial charge >= 0.3 is 0 Å². The van der Waals surface area contributed by atoms with Gasteiger partial charge in [-0.3, -0.25) is 9.59 Å². The maximum absolute atomic E-state index is 13.6. The first-order valence-electron chi connectivity index (χ1n) is 12.8. The van der Waals surface area contributed by atoms with Gasteiger partial charge in [0.2, 0.25) is 5.91 Å². The molecule has 9 nitrogen and oxygen atoms in total. The Morgan fingerprint density at radius 3 is 2.61 bits per heavy atom. The number of aromatic nitrogens is 3. The number of rotatable bonds is 10. The molecule has 2 aromatic heterocycles. The molecule has 1 aromatic carbocycles. The Morgan fingerprint density at radius 2 is 1.89 bits per heavy atom. The summed E-state index contributed by atoms with van der Waals surface area (Å²) >= 11 is 0. The lowest BCUT2D eigenvalue weighted by atomic mass is 10.0. The number of carbonyl (C=O) groups is 2. The molecule has 2 saturated carbocycles. The highest BCUT2D eigenvalue weighted by atomic mass is 19.3. The van der Waals surface area contributed by atoms with Gasteiger partial charge < -0.3 is 25.1 Å². The molecule has 0 spiro atoms. The first-order chi connectivity index (χ1) is 18.3. The summed E-state index contributed by atoms with van der Waals surface area (Å²) in [4.78, 5) is 37.1. The van der Waals surface area contributed by atoms with E-state index in [1.807, 2.05) is 0 Å². The maximum Gasteiger partial charge on any atom is 0.263 e. The van der Waals surface area contributed by atoms with Gasteiger partial charge in [0.15, 0.2) is 0 Å². The number of alkyl halides is 2. The van der Waals surface area contributed by atoms with Crippen LogP contribution < -0.4 is 15.4 Å². The minimum Gasteiger partial charge on any atom is -0.493 e. The van der Waals surface area contributed by atoms with E-state index in [9.17, 15) is 18.4 Å². The van der Waals surface area contributed by atoms with Gasteiger partial charge in [-0.1, -0.05) is 0 Å². The molecule has 11 heteroatoms. The van der Waals surface area contributed by atoms with E-state index in [-0.39, 0.29) is 36.1 Å². The quantitative estimate of drug-likeness (QED) is 0.366. The third-order valence-corrected chi connectivity index (χ3v) is 7.09. The Balaban J connectivity index is 1.41. The van der Waals surface area contributed by atoms with Crippen LogP contribution in [0.15, 0.2) is 24.5 Å². The zero-order chi connectivity index (χ0) is 26.8. The summed E-state index contributed by atoms with van der Waals surface area (Å²) < 4.78 is 38.0. The van der Waals surface area contributed by atoms with Crippen molar-refractivity contribution in [2.75, 3.05) is 20.3 Å². The van der Waals surface area contributed by atoms with E-state index < -0.39 is 6.43 Å². The second-order valence-electron chi connectivity index (χ2n) is 10.1. The Labute approximate surface area is 218 Å². The second-order valence-corrected chi connectivity index (χ2v) is 10.1. The highest BCUT2D eigenvalue weighted by molar-refractivity contribution is 6.09. The van der Waals surface area contributed by atoms with Crippen molar-refractivity contribution in [3.63, 3.8) is 0 Å². The molecule has 2 fully saturated rings. The SMILES string of the molecule is COCC(=O)N[C@@H]1CC[C@H](NC(=O)c2c(C)[nH]c3c(-c4cc(C(F)F)ccc4OCC4CC4)ncnc23)C1. The molecule has 2 aliphatic carbocycles. The molecule has 0 aliphatic heterocycles. The van der Waals surface area contributed by atoms with E-state index in [0.29, 0.717) is 58.2 Å². The number of fused-ring (bicyclic) bond motifs is 1. The van der Waals surface area contributed by atoms with Crippen molar-refractivity contribution < 1.29 is 27.8 Å². The number of nitrogens with zero attached hydrogens (tertiary/aromatic N) is 2. The fraction of sp³-hybridized carbons (Fsp3) is 0.481. The molecule has 5 rings (SSSR count). The first-order valence-corrected chi connectivity index (χ1v) is 12.8. The van der Waals surface area contributed by atoms with Crippen molar-refractivity contribution in [3.8, 4) is 17.0 Å². The van der Waals surface area contributed by atoms with Gasteiger partial charge in [-0.05, 0) is 63.1 Å². The van der Waals surface area contributed by atoms with Crippen LogP contribution in [0, 0.1) is 12.8 Å². The van der Waals surface area contributed by atoms with Gasteiger partial charge in [-0.25, -0.2) is 18.7 Å². The lowest BCUT2D eigenvalue weighted by molar-refractivity contribution is -0.125. The molecule has 2 amide bonds. The van der Waals surface area contributed by atoms with Crippen LogP contribution in [0.1, 0.15) is 60.1 Å². The van der Waals surface area contributed by atoms with Crippen molar-refractivity contribution >= 4 is 22.8 Å². The summed E-state index contributed by atoms with van der Waals surface area (Å²) in [7, 11) is 1.47. The van der Waals surface area contributed by atoms with Crippen LogP contribution in [0.25, 0.3) is 22.3 Å². The van der Waals surface area contributed by atoms with Gasteiger partial charge in [-0.15, -0.1) is 0 Å². The van der Waals surface area contributed by atoms with Crippen molar-refractivity contribution in [2.24, 2.45) is 5.92 Å². The number of carbonyl (C=O) groups excluding carboxylic acids is 2. The van der Waals surface area contributed by atoms with Crippen LogP contribution in [0.3, 0.4) is 0 Å². The molecule has 3 aromatic rings. The van der Waals surface area contributed by atoms with Gasteiger partial charge in [-0.2, -0.15) is 0 Å². The minimum atomic E-state index is -2.65. The number of H-pyrrole nitrogens is 1. The number of ether oxygens (including phenoxy) is 2. The standard InChI is InChI=1S/C27H31F2N5O4/c1-14-22(27(36)34-18-7-6-17(10-18)33-21(35)12-37-2)24-25(32-14)23(30-13-31-24)19-9-16(26(28)29)5-8-20(19)38-11-15-3-4-15/h5,8-9,13,15,17-18,26,32H,3-4,6-7,10-12H2,1-2H3,(H,33,35)(H,34,36)/t17-,18+/m1/s1. The van der Waals surface area contributed by atoms with E-state index in [0.717, 1.165) is 25.7 Å². The highest BCUT2D eigenvalue weighted by Crippen LogP contribution is 2.38. The Kier molecular flexibility index (Phi) is 7.55. The third-order valence-electron chi connectivity index (χ3n) is 7.09. The predicted molar refractivity (Wildman–Crippen MR) is 136 cm³/mol. The molecule has 38 heavy (non-hydrogen) atoms. The van der Waals surface area contributed by atoms with Gasteiger partial charge in [0, 0.05) is 36.0 Å². The number of hydrogen-bond donors (Lipinski definition) is 3. The molecule has 0 unspecified atom stereocenters. The zero-order valence-electron chi connectivity index (χ0n) is 21.4. The fourth-order valence-electron chi connectivity index (χ4n) is 4.99. The van der Waals surface area contributed by atoms with Crippen molar-refractivity contribution in [1.29, 1.82) is 0 Å². The summed E-state index contributed by atoms with van der Waals surface area (Å²) in [6, 6.07) is 4.17. The summed E-state index contributed by atoms with van der Waals surface area (Å²) in [6.07, 6.45) is 2.97. The Hall–Kier alpha value is -3.60. The van der Waals surface area contributed by atoms with Crippen LogP contribution in [-0.4, -0.2) is 59.2 Å². The molecule has 0 radical (unpaired) electrons. The van der Waals surface area contributed by atoms with Gasteiger partial charge in [0.1, 0.15) is 29.9 Å². The number of methoxy groups -OCH3 is 1. The molecule has 2 heterocycles. The van der Waals surface area contributed by atoms with E-state index in [1.165, 1.54) is 25.6 Å². The van der Waals surface area contributed by atoms with Gasteiger partial charge in [0.25, 0.3) is 12.3 Å². The Bertz CT molecular complexity index is 1340. The molecule has 3 N–H and O–H groups in total. The average Bonchev–Trinajstić information content (AvgIpc) is 3.51. The van der Waals surface area contributed by atoms with Crippen LogP contribution >= 0.6 is 0 Å².